The fourth-order valence-electron chi connectivity index (χ4n) is 1.45. The van der Waals surface area contributed by atoms with E-state index in [1.165, 1.54) is 20.9 Å². The first-order valence-electron chi connectivity index (χ1n) is 5.42. The van der Waals surface area contributed by atoms with Crippen molar-refractivity contribution in [3.05, 3.63) is 72.1 Å². The molecule has 2 rings (SSSR count). The molecule has 0 aliphatic carbocycles. The molecule has 0 bridgehead atoms. The summed E-state index contributed by atoms with van der Waals surface area (Å²) in [4.78, 5) is 0. The van der Waals surface area contributed by atoms with E-state index < -0.39 is 0 Å². The summed E-state index contributed by atoms with van der Waals surface area (Å²) in [6.45, 7) is 2.12. The van der Waals surface area contributed by atoms with Crippen LogP contribution in [0.15, 0.2) is 54.6 Å². The van der Waals surface area contributed by atoms with Gasteiger partial charge in [-0.3, -0.25) is 0 Å². The third-order valence-corrected chi connectivity index (χ3v) is 4.36. The summed E-state index contributed by atoms with van der Waals surface area (Å²) in [6.07, 6.45) is 2.33. The molecule has 0 amide bonds. The molecule has 0 aromatic heterocycles. The first-order valence-corrected chi connectivity index (χ1v) is 7.49. The van der Waals surface area contributed by atoms with Crippen LogP contribution in [0.3, 0.4) is 0 Å². The first-order chi connectivity index (χ1) is 7.84. The van der Waals surface area contributed by atoms with Crippen molar-refractivity contribution < 1.29 is 0 Å². The monoisotopic (exact) mass is 275 g/mol. The van der Waals surface area contributed by atoms with E-state index in [9.17, 15) is 0 Å². The Balaban J connectivity index is 1.82. The Morgan fingerprint density at radius 1 is 0.938 bits per heavy atom. The fraction of sp³-hybridized carbons (Fsp3) is 0.133. The van der Waals surface area contributed by atoms with Crippen LogP contribution in [-0.4, -0.2) is 15.0 Å². The van der Waals surface area contributed by atoms with Crippen molar-refractivity contribution >= 4 is 19.4 Å². The predicted molar refractivity (Wildman–Crippen MR) is 71.2 cm³/mol. The topological polar surface area (TPSA) is 0 Å². The second-order valence-electron chi connectivity index (χ2n) is 3.74. The van der Waals surface area contributed by atoms with Gasteiger partial charge in [-0.05, 0) is 0 Å². The minimum absolute atomic E-state index is 0.562. The second kappa shape index (κ2) is 5.88. The third-order valence-electron chi connectivity index (χ3n) is 2.39. The molecule has 2 aromatic rings. The molecule has 0 atom stereocenters. The van der Waals surface area contributed by atoms with Gasteiger partial charge < -0.3 is 0 Å². The van der Waals surface area contributed by atoms with Crippen molar-refractivity contribution in [2.24, 2.45) is 0 Å². The maximum atomic E-state index is 2.33. The Hall–Kier alpha value is -1.04. The Morgan fingerprint density at radius 2 is 1.62 bits per heavy atom. The van der Waals surface area contributed by atoms with Gasteiger partial charge in [0.2, 0.25) is 0 Å². The average Bonchev–Trinajstić information content (AvgIpc) is 2.33. The molecule has 0 aliphatic rings. The molecule has 0 spiro atoms. The van der Waals surface area contributed by atoms with Crippen LogP contribution in [0.5, 0.6) is 0 Å². The molecular formula is C15H15Se. The second-order valence-corrected chi connectivity index (χ2v) is 6.03. The van der Waals surface area contributed by atoms with Gasteiger partial charge in [0.15, 0.2) is 0 Å². The maximum absolute atomic E-state index is 2.33. The van der Waals surface area contributed by atoms with E-state index in [0.29, 0.717) is 15.0 Å². The molecule has 0 saturated carbocycles. The van der Waals surface area contributed by atoms with Gasteiger partial charge in [0, 0.05) is 0 Å². The zero-order valence-corrected chi connectivity index (χ0v) is 11.1. The van der Waals surface area contributed by atoms with E-state index in [0.717, 1.165) is 0 Å². The van der Waals surface area contributed by atoms with Crippen LogP contribution >= 0.6 is 0 Å². The van der Waals surface area contributed by atoms with Crippen molar-refractivity contribution in [2.45, 2.75) is 12.2 Å². The van der Waals surface area contributed by atoms with Crippen molar-refractivity contribution in [1.29, 1.82) is 0 Å². The molecule has 0 heterocycles. The summed E-state index contributed by atoms with van der Waals surface area (Å²) < 4.78 is 1.47. The zero-order chi connectivity index (χ0) is 11.2. The van der Waals surface area contributed by atoms with E-state index in [2.05, 4.69) is 67.9 Å². The third kappa shape index (κ3) is 3.52. The van der Waals surface area contributed by atoms with Crippen LogP contribution in [0.25, 0.3) is 0 Å². The molecule has 0 nitrogen and oxygen atoms in total. The molecular weight excluding hydrogens is 259 g/mol. The standard InChI is InChI=1S/C15H15Se/c1-13-7-9-14(10-8-13)11-12-16-15-5-3-2-4-6-15/h2-11H,12H2,1H3. The van der Waals surface area contributed by atoms with Crippen LogP contribution in [0.4, 0.5) is 0 Å². The molecule has 0 aliphatic heterocycles. The molecule has 0 N–H and O–H groups in total. The summed E-state index contributed by atoms with van der Waals surface area (Å²) in [7, 11) is 0. The zero-order valence-electron chi connectivity index (χ0n) is 9.39. The summed E-state index contributed by atoms with van der Waals surface area (Å²) in [5.74, 6) is 0. The quantitative estimate of drug-likeness (QED) is 0.752. The molecule has 0 saturated heterocycles. The molecule has 2 aromatic carbocycles. The van der Waals surface area contributed by atoms with Crippen molar-refractivity contribution in [2.75, 3.05) is 0 Å². The SMILES string of the molecule is Cc1ccc([CH]C[Se]c2ccccc2)cc1. The molecule has 81 valence electrons. The number of benzene rings is 2. The van der Waals surface area contributed by atoms with Crippen molar-refractivity contribution in [3.8, 4) is 0 Å². The summed E-state index contributed by atoms with van der Waals surface area (Å²) in [5.41, 5.74) is 2.66. The Morgan fingerprint density at radius 3 is 2.31 bits per heavy atom. The van der Waals surface area contributed by atoms with E-state index in [-0.39, 0.29) is 0 Å². The number of hydrogen-bond acceptors (Lipinski definition) is 0. The molecule has 1 radical (unpaired) electrons. The molecule has 16 heavy (non-hydrogen) atoms. The van der Waals surface area contributed by atoms with Gasteiger partial charge in [0.25, 0.3) is 0 Å². The van der Waals surface area contributed by atoms with Crippen LogP contribution < -0.4 is 4.46 Å². The number of hydrogen-bond donors (Lipinski definition) is 0. The van der Waals surface area contributed by atoms with Gasteiger partial charge in [-0.1, -0.05) is 0 Å². The number of aryl methyl sites for hydroxylation is 1. The van der Waals surface area contributed by atoms with Gasteiger partial charge in [-0.25, -0.2) is 0 Å². The van der Waals surface area contributed by atoms with E-state index in [1.807, 2.05) is 0 Å². The van der Waals surface area contributed by atoms with Gasteiger partial charge in [0.1, 0.15) is 0 Å². The van der Waals surface area contributed by atoms with Crippen LogP contribution in [0.1, 0.15) is 11.1 Å². The van der Waals surface area contributed by atoms with Crippen molar-refractivity contribution in [1.82, 2.24) is 0 Å². The summed E-state index contributed by atoms with van der Waals surface area (Å²) in [6, 6.07) is 19.4. The normalized spacial score (nSPS) is 10.3. The molecule has 1 heteroatoms. The Labute approximate surface area is 104 Å². The van der Waals surface area contributed by atoms with Crippen LogP contribution in [-0.2, 0) is 0 Å². The van der Waals surface area contributed by atoms with Gasteiger partial charge in [-0.2, -0.15) is 0 Å². The Kier molecular flexibility index (Phi) is 4.21. The first kappa shape index (κ1) is 11.4. The van der Waals surface area contributed by atoms with Gasteiger partial charge in [-0.15, -0.1) is 0 Å². The predicted octanol–water partition coefficient (Wildman–Crippen LogP) is 3.00. The van der Waals surface area contributed by atoms with E-state index >= 15 is 0 Å². The van der Waals surface area contributed by atoms with E-state index in [4.69, 9.17) is 0 Å². The van der Waals surface area contributed by atoms with Gasteiger partial charge >= 0.3 is 104 Å². The van der Waals surface area contributed by atoms with Crippen molar-refractivity contribution in [3.63, 3.8) is 0 Å². The molecule has 0 unspecified atom stereocenters. The van der Waals surface area contributed by atoms with E-state index in [1.54, 1.807) is 0 Å². The minimum atomic E-state index is 0.562. The summed E-state index contributed by atoms with van der Waals surface area (Å²) >= 11 is 0.562. The summed E-state index contributed by atoms with van der Waals surface area (Å²) in [5, 5.41) is 1.17. The fourth-order valence-corrected chi connectivity index (χ4v) is 3.17. The van der Waals surface area contributed by atoms with Crippen LogP contribution in [0.2, 0.25) is 5.32 Å². The van der Waals surface area contributed by atoms with Crippen LogP contribution in [0, 0.1) is 13.3 Å². The Bertz CT molecular complexity index is 417. The number of rotatable bonds is 4. The average molecular weight is 274 g/mol. The van der Waals surface area contributed by atoms with Gasteiger partial charge in [0.05, 0.1) is 0 Å². The molecule has 0 fully saturated rings.